The summed E-state index contributed by atoms with van der Waals surface area (Å²) in [6, 6.07) is 12.9. The first-order valence-corrected chi connectivity index (χ1v) is 8.07. The second-order valence-corrected chi connectivity index (χ2v) is 6.71. The van der Waals surface area contributed by atoms with Gasteiger partial charge in [0.25, 0.3) is 0 Å². The summed E-state index contributed by atoms with van der Waals surface area (Å²) in [4.78, 5) is 0. The Balaban J connectivity index is 2.16. The zero-order chi connectivity index (χ0) is 14.3. The predicted molar refractivity (Wildman–Crippen MR) is 90.2 cm³/mol. The molecule has 0 bridgehead atoms. The zero-order valence-corrected chi connectivity index (χ0v) is 13.5. The van der Waals surface area contributed by atoms with Gasteiger partial charge in [-0.05, 0) is 59.9 Å². The number of thiophene rings is 1. The number of fused-ring (bicyclic) bond motifs is 1. The lowest BCUT2D eigenvalue weighted by Crippen LogP contribution is -1.99. The van der Waals surface area contributed by atoms with Gasteiger partial charge in [0.2, 0.25) is 0 Å². The predicted octanol–water partition coefficient (Wildman–Crippen LogP) is 6.15. The molecule has 102 valence electrons. The third-order valence-electron chi connectivity index (χ3n) is 3.78. The lowest BCUT2D eigenvalue weighted by molar-refractivity contribution is 1.09. The van der Waals surface area contributed by atoms with E-state index in [1.54, 1.807) is 11.3 Å². The summed E-state index contributed by atoms with van der Waals surface area (Å²) in [5.41, 5.74) is 6.32. The molecule has 0 amide bonds. The second-order valence-electron chi connectivity index (χ2n) is 5.36. The van der Waals surface area contributed by atoms with E-state index in [4.69, 9.17) is 11.6 Å². The SMILES string of the molecule is Cc1cc(C)c(C(Cl)c2csc3ccccc23)c(C)c1. The van der Waals surface area contributed by atoms with Crippen LogP contribution in [0.2, 0.25) is 0 Å². The lowest BCUT2D eigenvalue weighted by atomic mass is 9.93. The van der Waals surface area contributed by atoms with Crippen molar-refractivity contribution in [3.63, 3.8) is 0 Å². The topological polar surface area (TPSA) is 0 Å². The van der Waals surface area contributed by atoms with E-state index in [1.807, 2.05) is 0 Å². The van der Waals surface area contributed by atoms with E-state index < -0.39 is 0 Å². The second kappa shape index (κ2) is 5.23. The molecule has 0 saturated carbocycles. The molecule has 20 heavy (non-hydrogen) atoms. The summed E-state index contributed by atoms with van der Waals surface area (Å²) in [7, 11) is 0. The molecule has 0 spiro atoms. The van der Waals surface area contributed by atoms with Crippen LogP contribution >= 0.6 is 22.9 Å². The molecule has 1 atom stereocenters. The standard InChI is InChI=1S/C18H17ClS/c1-11-8-12(2)17(13(3)9-11)18(19)15-10-20-16-7-5-4-6-14(15)16/h4-10,18H,1-3H3. The van der Waals surface area contributed by atoms with Crippen molar-refractivity contribution in [2.45, 2.75) is 26.1 Å². The van der Waals surface area contributed by atoms with E-state index in [0.29, 0.717) is 0 Å². The quantitative estimate of drug-likeness (QED) is 0.498. The van der Waals surface area contributed by atoms with Gasteiger partial charge in [0.1, 0.15) is 0 Å². The van der Waals surface area contributed by atoms with Crippen LogP contribution in [0.25, 0.3) is 10.1 Å². The highest BCUT2D eigenvalue weighted by Gasteiger charge is 2.19. The van der Waals surface area contributed by atoms with Crippen LogP contribution in [0.5, 0.6) is 0 Å². The van der Waals surface area contributed by atoms with E-state index in [1.165, 1.54) is 37.9 Å². The van der Waals surface area contributed by atoms with Crippen LogP contribution in [0.4, 0.5) is 0 Å². The van der Waals surface area contributed by atoms with Crippen LogP contribution in [0.3, 0.4) is 0 Å². The summed E-state index contributed by atoms with van der Waals surface area (Å²) in [6.07, 6.45) is 0. The fraction of sp³-hybridized carbons (Fsp3) is 0.222. The maximum absolute atomic E-state index is 6.82. The normalized spacial score (nSPS) is 12.8. The van der Waals surface area contributed by atoms with E-state index >= 15 is 0 Å². The molecule has 2 heteroatoms. The number of hydrogen-bond acceptors (Lipinski definition) is 1. The van der Waals surface area contributed by atoms with E-state index in [9.17, 15) is 0 Å². The van der Waals surface area contributed by atoms with Crippen LogP contribution in [-0.2, 0) is 0 Å². The van der Waals surface area contributed by atoms with Crippen molar-refractivity contribution in [2.75, 3.05) is 0 Å². The smallest absolute Gasteiger partial charge is 0.0854 e. The average molecular weight is 301 g/mol. The Labute approximate surface area is 129 Å². The molecule has 3 rings (SSSR count). The first-order valence-electron chi connectivity index (χ1n) is 6.76. The molecule has 0 fully saturated rings. The minimum Gasteiger partial charge on any atom is -0.143 e. The summed E-state index contributed by atoms with van der Waals surface area (Å²) in [5, 5.41) is 3.39. The highest BCUT2D eigenvalue weighted by atomic mass is 35.5. The first-order chi connectivity index (χ1) is 9.58. The molecule has 1 heterocycles. The summed E-state index contributed by atoms with van der Waals surface area (Å²) in [5.74, 6) is 0. The number of rotatable bonds is 2. The Kier molecular flexibility index (Phi) is 3.57. The number of alkyl halides is 1. The van der Waals surface area contributed by atoms with Crippen molar-refractivity contribution in [1.29, 1.82) is 0 Å². The van der Waals surface area contributed by atoms with Gasteiger partial charge in [0, 0.05) is 4.70 Å². The van der Waals surface area contributed by atoms with Gasteiger partial charge in [0.05, 0.1) is 5.38 Å². The maximum Gasteiger partial charge on any atom is 0.0854 e. The average Bonchev–Trinajstić information content (AvgIpc) is 2.81. The molecule has 0 nitrogen and oxygen atoms in total. The molecule has 0 radical (unpaired) electrons. The lowest BCUT2D eigenvalue weighted by Gasteiger charge is -2.16. The minimum atomic E-state index is -0.0771. The van der Waals surface area contributed by atoms with Gasteiger partial charge in [-0.15, -0.1) is 22.9 Å². The van der Waals surface area contributed by atoms with Gasteiger partial charge >= 0.3 is 0 Å². The van der Waals surface area contributed by atoms with Gasteiger partial charge < -0.3 is 0 Å². The molecule has 1 unspecified atom stereocenters. The number of benzene rings is 2. The Morgan fingerprint density at radius 1 is 1.00 bits per heavy atom. The molecule has 3 aromatic rings. The van der Waals surface area contributed by atoms with Gasteiger partial charge in [-0.3, -0.25) is 0 Å². The number of halogens is 1. The number of hydrogen-bond donors (Lipinski definition) is 0. The highest BCUT2D eigenvalue weighted by molar-refractivity contribution is 7.17. The molecule has 0 aliphatic heterocycles. The van der Waals surface area contributed by atoms with Crippen molar-refractivity contribution in [1.82, 2.24) is 0 Å². The minimum absolute atomic E-state index is 0.0771. The molecule has 1 aromatic heterocycles. The van der Waals surface area contributed by atoms with E-state index in [2.05, 4.69) is 62.5 Å². The Hall–Kier alpha value is -1.31. The third-order valence-corrected chi connectivity index (χ3v) is 5.21. The van der Waals surface area contributed by atoms with Crippen molar-refractivity contribution in [3.8, 4) is 0 Å². The Morgan fingerprint density at radius 2 is 1.65 bits per heavy atom. The molecule has 2 aromatic carbocycles. The molecule has 0 saturated heterocycles. The van der Waals surface area contributed by atoms with E-state index in [0.717, 1.165) is 0 Å². The van der Waals surface area contributed by atoms with Crippen LogP contribution in [0.15, 0.2) is 41.8 Å². The van der Waals surface area contributed by atoms with Crippen molar-refractivity contribution in [2.24, 2.45) is 0 Å². The van der Waals surface area contributed by atoms with Gasteiger partial charge in [-0.1, -0.05) is 35.9 Å². The molecule has 0 N–H and O–H groups in total. The fourth-order valence-electron chi connectivity index (χ4n) is 2.94. The Morgan fingerprint density at radius 3 is 2.35 bits per heavy atom. The van der Waals surface area contributed by atoms with Crippen LogP contribution in [0, 0.1) is 20.8 Å². The summed E-state index contributed by atoms with van der Waals surface area (Å²) >= 11 is 8.59. The molecular formula is C18H17ClS. The number of aryl methyl sites for hydroxylation is 3. The zero-order valence-electron chi connectivity index (χ0n) is 11.9. The van der Waals surface area contributed by atoms with Crippen LogP contribution < -0.4 is 0 Å². The molecule has 0 aliphatic carbocycles. The largest absolute Gasteiger partial charge is 0.143 e. The van der Waals surface area contributed by atoms with Crippen molar-refractivity contribution in [3.05, 3.63) is 69.6 Å². The fourth-order valence-corrected chi connectivity index (χ4v) is 4.53. The van der Waals surface area contributed by atoms with Gasteiger partial charge in [0.15, 0.2) is 0 Å². The summed E-state index contributed by atoms with van der Waals surface area (Å²) < 4.78 is 1.30. The van der Waals surface area contributed by atoms with Crippen LogP contribution in [-0.4, -0.2) is 0 Å². The van der Waals surface area contributed by atoms with Crippen molar-refractivity contribution < 1.29 is 0 Å². The molecule has 0 aliphatic rings. The van der Waals surface area contributed by atoms with Crippen LogP contribution in [0.1, 0.15) is 33.2 Å². The monoisotopic (exact) mass is 300 g/mol. The molecular weight excluding hydrogens is 284 g/mol. The Bertz CT molecular complexity index is 747. The van der Waals surface area contributed by atoms with Crippen molar-refractivity contribution >= 4 is 33.0 Å². The maximum atomic E-state index is 6.82. The highest BCUT2D eigenvalue weighted by Crippen LogP contribution is 2.39. The van der Waals surface area contributed by atoms with Gasteiger partial charge in [-0.25, -0.2) is 0 Å². The first kappa shape index (κ1) is 13.7. The third kappa shape index (κ3) is 2.25. The van der Waals surface area contributed by atoms with Gasteiger partial charge in [-0.2, -0.15) is 0 Å². The van der Waals surface area contributed by atoms with E-state index in [-0.39, 0.29) is 5.38 Å². The summed E-state index contributed by atoms with van der Waals surface area (Å²) in [6.45, 7) is 6.44.